The van der Waals surface area contributed by atoms with Crippen molar-refractivity contribution in [2.45, 2.75) is 53.6 Å². The predicted molar refractivity (Wildman–Crippen MR) is 71.7 cm³/mol. The van der Waals surface area contributed by atoms with Crippen molar-refractivity contribution >= 4 is 0 Å². The zero-order valence-corrected chi connectivity index (χ0v) is 12.0. The molecule has 2 atom stereocenters. The van der Waals surface area contributed by atoms with Gasteiger partial charge in [-0.15, -0.1) is 0 Å². The van der Waals surface area contributed by atoms with Gasteiger partial charge >= 0.3 is 0 Å². The molecule has 1 heterocycles. The maximum Gasteiger partial charge on any atom is 0.0193 e. The van der Waals surface area contributed by atoms with Gasteiger partial charge in [-0.3, -0.25) is 4.90 Å². The van der Waals surface area contributed by atoms with Crippen LogP contribution in [0.3, 0.4) is 0 Å². The van der Waals surface area contributed by atoms with E-state index in [2.05, 4.69) is 51.8 Å². The standard InChI is InChI=1S/C14H30N2/c1-10(2)14(11(3)4)9-16-8-12(5)15-7-13(16)6/h10-15H,7-9H2,1-6H3. The van der Waals surface area contributed by atoms with E-state index in [9.17, 15) is 0 Å². The molecular weight excluding hydrogens is 196 g/mol. The molecule has 1 aliphatic heterocycles. The minimum absolute atomic E-state index is 0.649. The first kappa shape index (κ1) is 14.0. The van der Waals surface area contributed by atoms with Gasteiger partial charge in [-0.25, -0.2) is 0 Å². The fourth-order valence-electron chi connectivity index (χ4n) is 2.81. The molecule has 0 aromatic rings. The largest absolute Gasteiger partial charge is 0.311 e. The summed E-state index contributed by atoms with van der Waals surface area (Å²) in [6, 6.07) is 1.34. The Morgan fingerprint density at radius 2 is 1.69 bits per heavy atom. The van der Waals surface area contributed by atoms with Crippen molar-refractivity contribution in [1.82, 2.24) is 10.2 Å². The molecule has 2 unspecified atom stereocenters. The van der Waals surface area contributed by atoms with Gasteiger partial charge in [-0.1, -0.05) is 27.7 Å². The molecule has 0 aliphatic carbocycles. The van der Waals surface area contributed by atoms with Crippen LogP contribution in [-0.2, 0) is 0 Å². The van der Waals surface area contributed by atoms with E-state index < -0.39 is 0 Å². The summed E-state index contributed by atoms with van der Waals surface area (Å²) in [6.07, 6.45) is 0. The Morgan fingerprint density at radius 1 is 1.12 bits per heavy atom. The Labute approximate surface area is 102 Å². The van der Waals surface area contributed by atoms with Crippen molar-refractivity contribution in [3.63, 3.8) is 0 Å². The quantitative estimate of drug-likeness (QED) is 0.792. The molecular formula is C14H30N2. The summed E-state index contributed by atoms with van der Waals surface area (Å²) in [5.41, 5.74) is 0. The van der Waals surface area contributed by atoms with Crippen molar-refractivity contribution in [2.75, 3.05) is 19.6 Å². The molecule has 0 aromatic heterocycles. The molecule has 1 N–H and O–H groups in total. The minimum atomic E-state index is 0.649. The van der Waals surface area contributed by atoms with Gasteiger partial charge in [0.25, 0.3) is 0 Å². The molecule has 2 heteroatoms. The van der Waals surface area contributed by atoms with Crippen LogP contribution in [0, 0.1) is 17.8 Å². The molecule has 16 heavy (non-hydrogen) atoms. The van der Waals surface area contributed by atoms with Gasteiger partial charge in [-0.2, -0.15) is 0 Å². The second-order valence-electron chi connectivity index (χ2n) is 6.26. The van der Waals surface area contributed by atoms with Crippen LogP contribution in [0.25, 0.3) is 0 Å². The van der Waals surface area contributed by atoms with E-state index >= 15 is 0 Å². The number of piperazine rings is 1. The average molecular weight is 226 g/mol. The summed E-state index contributed by atoms with van der Waals surface area (Å²) in [7, 11) is 0. The Morgan fingerprint density at radius 3 is 2.19 bits per heavy atom. The fraction of sp³-hybridized carbons (Fsp3) is 1.00. The molecule has 1 saturated heterocycles. The number of nitrogens with zero attached hydrogens (tertiary/aromatic N) is 1. The Bertz CT molecular complexity index is 193. The van der Waals surface area contributed by atoms with Crippen LogP contribution >= 0.6 is 0 Å². The number of rotatable bonds is 4. The highest BCUT2D eigenvalue weighted by Gasteiger charge is 2.27. The van der Waals surface area contributed by atoms with E-state index in [1.54, 1.807) is 0 Å². The lowest BCUT2D eigenvalue weighted by molar-refractivity contribution is 0.0951. The van der Waals surface area contributed by atoms with Gasteiger partial charge in [0.15, 0.2) is 0 Å². The zero-order chi connectivity index (χ0) is 12.3. The molecule has 2 nitrogen and oxygen atoms in total. The lowest BCUT2D eigenvalue weighted by atomic mass is 9.84. The zero-order valence-electron chi connectivity index (χ0n) is 12.0. The van der Waals surface area contributed by atoms with Crippen LogP contribution in [0.2, 0.25) is 0 Å². The SMILES string of the molecule is CC1CN(CC(C(C)C)C(C)C)C(C)CN1. The number of nitrogens with one attached hydrogen (secondary N) is 1. The third kappa shape index (κ3) is 3.74. The van der Waals surface area contributed by atoms with E-state index in [0.717, 1.165) is 24.3 Å². The molecule has 0 saturated carbocycles. The van der Waals surface area contributed by atoms with Crippen molar-refractivity contribution in [2.24, 2.45) is 17.8 Å². The molecule has 0 spiro atoms. The normalized spacial score (nSPS) is 28.3. The molecule has 0 radical (unpaired) electrons. The van der Waals surface area contributed by atoms with E-state index in [4.69, 9.17) is 0 Å². The van der Waals surface area contributed by atoms with E-state index in [1.165, 1.54) is 13.1 Å². The minimum Gasteiger partial charge on any atom is -0.311 e. The maximum absolute atomic E-state index is 3.55. The summed E-state index contributed by atoms with van der Waals surface area (Å²) in [5.74, 6) is 2.41. The monoisotopic (exact) mass is 226 g/mol. The van der Waals surface area contributed by atoms with E-state index in [-0.39, 0.29) is 0 Å². The Kier molecular flexibility index (Phi) is 5.26. The lowest BCUT2D eigenvalue weighted by Crippen LogP contribution is -2.55. The third-order valence-corrected chi connectivity index (χ3v) is 4.05. The molecule has 1 fully saturated rings. The number of hydrogen-bond donors (Lipinski definition) is 1. The van der Waals surface area contributed by atoms with Crippen LogP contribution in [0.15, 0.2) is 0 Å². The van der Waals surface area contributed by atoms with Crippen molar-refractivity contribution < 1.29 is 0 Å². The third-order valence-electron chi connectivity index (χ3n) is 4.05. The highest BCUT2D eigenvalue weighted by molar-refractivity contribution is 4.84. The van der Waals surface area contributed by atoms with Crippen LogP contribution in [0.5, 0.6) is 0 Å². The van der Waals surface area contributed by atoms with Gasteiger partial charge in [-0.05, 0) is 31.6 Å². The van der Waals surface area contributed by atoms with Crippen molar-refractivity contribution in [3.8, 4) is 0 Å². The Balaban J connectivity index is 2.55. The van der Waals surface area contributed by atoms with Gasteiger partial charge in [0.05, 0.1) is 0 Å². The van der Waals surface area contributed by atoms with Gasteiger partial charge in [0, 0.05) is 31.7 Å². The second kappa shape index (κ2) is 6.02. The van der Waals surface area contributed by atoms with Gasteiger partial charge < -0.3 is 5.32 Å². The molecule has 0 amide bonds. The first-order valence-electron chi connectivity index (χ1n) is 6.89. The van der Waals surface area contributed by atoms with Gasteiger partial charge in [0.2, 0.25) is 0 Å². The van der Waals surface area contributed by atoms with Crippen LogP contribution < -0.4 is 5.32 Å². The summed E-state index contributed by atoms with van der Waals surface area (Å²) >= 11 is 0. The molecule has 0 bridgehead atoms. The topological polar surface area (TPSA) is 15.3 Å². The van der Waals surface area contributed by atoms with Gasteiger partial charge in [0.1, 0.15) is 0 Å². The predicted octanol–water partition coefficient (Wildman–Crippen LogP) is 2.60. The summed E-state index contributed by atoms with van der Waals surface area (Å²) in [5, 5.41) is 3.55. The van der Waals surface area contributed by atoms with Crippen LogP contribution in [0.4, 0.5) is 0 Å². The van der Waals surface area contributed by atoms with Crippen LogP contribution in [0.1, 0.15) is 41.5 Å². The first-order valence-corrected chi connectivity index (χ1v) is 6.89. The second-order valence-corrected chi connectivity index (χ2v) is 6.26. The smallest absolute Gasteiger partial charge is 0.0193 e. The molecule has 1 rings (SSSR count). The van der Waals surface area contributed by atoms with Crippen molar-refractivity contribution in [3.05, 3.63) is 0 Å². The van der Waals surface area contributed by atoms with E-state index in [1.807, 2.05) is 0 Å². The number of hydrogen-bond acceptors (Lipinski definition) is 2. The van der Waals surface area contributed by atoms with E-state index in [0.29, 0.717) is 12.1 Å². The summed E-state index contributed by atoms with van der Waals surface area (Å²) < 4.78 is 0. The van der Waals surface area contributed by atoms with Crippen LogP contribution in [-0.4, -0.2) is 36.6 Å². The maximum atomic E-state index is 3.55. The highest BCUT2D eigenvalue weighted by Crippen LogP contribution is 2.23. The summed E-state index contributed by atoms with van der Waals surface area (Å²) in [6.45, 7) is 17.7. The molecule has 0 aromatic carbocycles. The molecule has 1 aliphatic rings. The Hall–Kier alpha value is -0.0800. The average Bonchev–Trinajstić information content (AvgIpc) is 2.18. The fourth-order valence-corrected chi connectivity index (χ4v) is 2.81. The summed E-state index contributed by atoms with van der Waals surface area (Å²) in [4.78, 5) is 2.67. The first-order chi connectivity index (χ1) is 7.41. The molecule has 96 valence electrons. The lowest BCUT2D eigenvalue weighted by Gasteiger charge is -2.41. The highest BCUT2D eigenvalue weighted by atomic mass is 15.2. The van der Waals surface area contributed by atoms with Crippen molar-refractivity contribution in [1.29, 1.82) is 0 Å².